The zero-order chi connectivity index (χ0) is 27.7. The number of aliphatic hydroxyl groups is 1. The fraction of sp³-hybridized carbons (Fsp3) is 0.321. The molecule has 12 heteroatoms. The third-order valence-electron chi connectivity index (χ3n) is 7.24. The molecule has 3 aromatic heterocycles. The van der Waals surface area contributed by atoms with Gasteiger partial charge < -0.3 is 25.0 Å². The van der Waals surface area contributed by atoms with Gasteiger partial charge in [0.05, 0.1) is 43.7 Å². The number of nitrogens with zero attached hydrogens (tertiary/aromatic N) is 5. The second-order valence-corrected chi connectivity index (χ2v) is 10.1. The van der Waals surface area contributed by atoms with Crippen LogP contribution < -0.4 is 10.1 Å². The molecule has 6 rings (SSSR count). The smallest absolute Gasteiger partial charge is 0.339 e. The van der Waals surface area contributed by atoms with Gasteiger partial charge >= 0.3 is 5.97 Å². The summed E-state index contributed by atoms with van der Waals surface area (Å²) in [5, 5.41) is 27.3. The minimum atomic E-state index is -1.15. The van der Waals surface area contributed by atoms with Crippen LogP contribution in [0.2, 0.25) is 0 Å². The van der Waals surface area contributed by atoms with Crippen molar-refractivity contribution >= 4 is 17.5 Å². The summed E-state index contributed by atoms with van der Waals surface area (Å²) in [6.07, 6.45) is 6.77. The molecule has 1 aliphatic heterocycles. The number of nitrogens with one attached hydrogen (secondary N) is 1. The van der Waals surface area contributed by atoms with E-state index in [4.69, 9.17) is 19.6 Å². The van der Waals surface area contributed by atoms with Crippen molar-refractivity contribution in [3.63, 3.8) is 0 Å². The van der Waals surface area contributed by atoms with Crippen molar-refractivity contribution in [1.29, 1.82) is 0 Å². The molecule has 0 atom stereocenters. The van der Waals surface area contributed by atoms with Gasteiger partial charge in [-0.2, -0.15) is 5.10 Å². The molecule has 1 aliphatic carbocycles. The van der Waals surface area contributed by atoms with Gasteiger partial charge in [0.2, 0.25) is 0 Å². The predicted molar refractivity (Wildman–Crippen MR) is 141 cm³/mol. The molecular weight excluding hydrogens is 519 g/mol. The number of rotatable bonds is 10. The van der Waals surface area contributed by atoms with Crippen LogP contribution in [0.4, 0.5) is 15.9 Å². The van der Waals surface area contributed by atoms with E-state index in [9.17, 15) is 19.4 Å². The first-order valence-electron chi connectivity index (χ1n) is 12.9. The average molecular weight is 547 g/mol. The summed E-state index contributed by atoms with van der Waals surface area (Å²) in [6, 6.07) is 8.15. The van der Waals surface area contributed by atoms with E-state index in [2.05, 4.69) is 15.3 Å². The Labute approximate surface area is 228 Å². The van der Waals surface area contributed by atoms with Gasteiger partial charge in [0.15, 0.2) is 17.4 Å². The van der Waals surface area contributed by atoms with Crippen LogP contribution in [-0.4, -0.2) is 67.3 Å². The summed E-state index contributed by atoms with van der Waals surface area (Å²) in [4.78, 5) is 25.0. The van der Waals surface area contributed by atoms with Gasteiger partial charge in [-0.1, -0.05) is 18.2 Å². The first-order valence-corrected chi connectivity index (χ1v) is 12.9. The Morgan fingerprint density at radius 2 is 2.05 bits per heavy atom. The topological polar surface area (TPSA) is 145 Å². The number of hydrogen-bond donors (Lipinski definition) is 3. The predicted octanol–water partition coefficient (Wildman–Crippen LogP) is 3.24. The Bertz CT molecular complexity index is 1570. The van der Waals surface area contributed by atoms with E-state index in [1.807, 2.05) is 4.68 Å². The SMILES string of the molecule is O=C(O)c1cnccc1Nc1nc(-c2nn(Cc3ccccc3F)c3c2CCC3)ncc1OCC1(CO)COC1. The highest BCUT2D eigenvalue weighted by atomic mass is 19.1. The molecular formula is C28H27FN6O5. The number of aromatic nitrogens is 5. The maximum atomic E-state index is 14.4. The van der Waals surface area contributed by atoms with Crippen LogP contribution >= 0.6 is 0 Å². The molecule has 0 saturated carbocycles. The third-order valence-corrected chi connectivity index (χ3v) is 7.24. The number of carboxylic acid groups (broad SMARTS) is 1. The monoisotopic (exact) mass is 546 g/mol. The minimum absolute atomic E-state index is 0.0390. The Balaban J connectivity index is 1.38. The van der Waals surface area contributed by atoms with Crippen LogP contribution in [0.1, 0.15) is 33.6 Å². The molecule has 1 aromatic carbocycles. The van der Waals surface area contributed by atoms with Gasteiger partial charge in [-0.05, 0) is 31.4 Å². The van der Waals surface area contributed by atoms with Gasteiger partial charge in [-0.25, -0.2) is 19.2 Å². The molecule has 4 heterocycles. The largest absolute Gasteiger partial charge is 0.487 e. The fourth-order valence-corrected chi connectivity index (χ4v) is 4.93. The lowest BCUT2D eigenvalue weighted by Gasteiger charge is -2.39. The summed E-state index contributed by atoms with van der Waals surface area (Å²) >= 11 is 0. The van der Waals surface area contributed by atoms with Crippen molar-refractivity contribution in [1.82, 2.24) is 24.7 Å². The molecule has 0 amide bonds. The summed E-state index contributed by atoms with van der Waals surface area (Å²) in [5.41, 5.74) is 2.87. The molecule has 3 N–H and O–H groups in total. The van der Waals surface area contributed by atoms with Crippen molar-refractivity contribution < 1.29 is 28.9 Å². The highest BCUT2D eigenvalue weighted by Crippen LogP contribution is 2.35. The molecule has 4 aromatic rings. The first kappa shape index (κ1) is 25.8. The number of carboxylic acids is 1. The average Bonchev–Trinajstić information content (AvgIpc) is 3.54. The maximum Gasteiger partial charge on any atom is 0.339 e. The van der Waals surface area contributed by atoms with Crippen LogP contribution in [-0.2, 0) is 24.1 Å². The Morgan fingerprint density at radius 1 is 1.20 bits per heavy atom. The summed E-state index contributed by atoms with van der Waals surface area (Å²) in [6.45, 7) is 1.07. The van der Waals surface area contributed by atoms with Crippen LogP contribution in [0, 0.1) is 11.2 Å². The quantitative estimate of drug-likeness (QED) is 0.271. The zero-order valence-corrected chi connectivity index (χ0v) is 21.5. The number of aromatic carboxylic acids is 1. The standard InChI is InChI=1S/C28H27FN6O5/c29-20-6-2-1-4-17(20)12-35-22-7-3-5-18(22)24(34-35)26-31-11-23(40-16-28(13-36)14-39-15-28)25(33-26)32-21-8-9-30-10-19(21)27(37)38/h1-2,4,6,8-11,36H,3,5,7,12-16H2,(H,37,38)(H,30,31,32,33). The van der Waals surface area contributed by atoms with Crippen molar-refractivity contribution in [2.75, 3.05) is 31.7 Å². The van der Waals surface area contributed by atoms with E-state index in [1.165, 1.54) is 30.7 Å². The number of fused-ring (bicyclic) bond motifs is 1. The fourth-order valence-electron chi connectivity index (χ4n) is 4.93. The van der Waals surface area contributed by atoms with Crippen molar-refractivity contribution in [3.8, 4) is 17.3 Å². The molecule has 1 fully saturated rings. The number of halogens is 1. The Morgan fingerprint density at radius 3 is 2.80 bits per heavy atom. The summed E-state index contributed by atoms with van der Waals surface area (Å²) in [5.74, 6) is -0.598. The third kappa shape index (κ3) is 4.87. The van der Waals surface area contributed by atoms with Gasteiger partial charge in [0, 0.05) is 29.2 Å². The van der Waals surface area contributed by atoms with Crippen LogP contribution in [0.3, 0.4) is 0 Å². The van der Waals surface area contributed by atoms with E-state index in [0.29, 0.717) is 30.3 Å². The molecule has 206 valence electrons. The second kappa shape index (κ2) is 10.6. The van der Waals surface area contributed by atoms with E-state index < -0.39 is 11.4 Å². The lowest BCUT2D eigenvalue weighted by atomic mass is 9.88. The van der Waals surface area contributed by atoms with E-state index in [0.717, 1.165) is 30.5 Å². The molecule has 1 saturated heterocycles. The number of aliphatic hydroxyl groups excluding tert-OH is 1. The lowest BCUT2D eigenvalue weighted by Crippen LogP contribution is -2.50. The summed E-state index contributed by atoms with van der Waals surface area (Å²) < 4.78 is 27.5. The van der Waals surface area contributed by atoms with Crippen molar-refractivity contribution in [3.05, 3.63) is 77.1 Å². The first-order chi connectivity index (χ1) is 19.5. The number of carbonyl (C=O) groups is 1. The number of pyridine rings is 1. The van der Waals surface area contributed by atoms with E-state index in [1.54, 1.807) is 18.2 Å². The van der Waals surface area contributed by atoms with Crippen molar-refractivity contribution in [2.24, 2.45) is 5.41 Å². The van der Waals surface area contributed by atoms with Gasteiger partial charge in [0.25, 0.3) is 0 Å². The van der Waals surface area contributed by atoms with Crippen LogP contribution in [0.25, 0.3) is 11.5 Å². The molecule has 0 bridgehead atoms. The maximum absolute atomic E-state index is 14.4. The molecule has 0 spiro atoms. The molecule has 0 radical (unpaired) electrons. The van der Waals surface area contributed by atoms with Gasteiger partial charge in [0.1, 0.15) is 23.7 Å². The molecule has 40 heavy (non-hydrogen) atoms. The zero-order valence-electron chi connectivity index (χ0n) is 21.5. The minimum Gasteiger partial charge on any atom is -0.487 e. The lowest BCUT2D eigenvalue weighted by molar-refractivity contribution is -0.153. The normalized spacial score (nSPS) is 15.3. The summed E-state index contributed by atoms with van der Waals surface area (Å²) in [7, 11) is 0. The number of ether oxygens (including phenoxy) is 2. The number of anilines is 2. The molecule has 2 aliphatic rings. The number of benzene rings is 1. The molecule has 0 unspecified atom stereocenters. The van der Waals surface area contributed by atoms with Crippen LogP contribution in [0.5, 0.6) is 5.75 Å². The highest BCUT2D eigenvalue weighted by molar-refractivity contribution is 5.94. The van der Waals surface area contributed by atoms with Gasteiger partial charge in [-0.3, -0.25) is 9.67 Å². The van der Waals surface area contributed by atoms with E-state index in [-0.39, 0.29) is 48.4 Å². The Hall–Kier alpha value is -4.42. The number of hydrogen-bond acceptors (Lipinski definition) is 9. The second-order valence-electron chi connectivity index (χ2n) is 10.1. The van der Waals surface area contributed by atoms with Crippen LogP contribution in [0.15, 0.2) is 48.9 Å². The van der Waals surface area contributed by atoms with Gasteiger partial charge in [-0.15, -0.1) is 0 Å². The Kier molecular flexibility index (Phi) is 6.86. The van der Waals surface area contributed by atoms with Crippen molar-refractivity contribution in [2.45, 2.75) is 25.8 Å². The molecule has 11 nitrogen and oxygen atoms in total. The highest BCUT2D eigenvalue weighted by Gasteiger charge is 2.39. The van der Waals surface area contributed by atoms with E-state index >= 15 is 0 Å².